The summed E-state index contributed by atoms with van der Waals surface area (Å²) >= 11 is 0. The van der Waals surface area contributed by atoms with Crippen molar-refractivity contribution in [1.29, 1.82) is 0 Å². The molecule has 2 rings (SSSR count). The first-order valence-electron chi connectivity index (χ1n) is 7.38. The van der Waals surface area contributed by atoms with E-state index < -0.39 is 5.79 Å². The second-order valence-electron chi connectivity index (χ2n) is 5.47. The summed E-state index contributed by atoms with van der Waals surface area (Å²) in [7, 11) is 0. The highest BCUT2D eigenvalue weighted by Crippen LogP contribution is 2.36. The van der Waals surface area contributed by atoms with E-state index in [4.69, 9.17) is 0 Å². The van der Waals surface area contributed by atoms with Crippen LogP contribution in [0.4, 0.5) is 0 Å². The van der Waals surface area contributed by atoms with Crippen molar-refractivity contribution in [3.63, 3.8) is 0 Å². The second kappa shape index (κ2) is 6.04. The molecule has 0 radical (unpaired) electrons. The van der Waals surface area contributed by atoms with Gasteiger partial charge in [-0.05, 0) is 44.3 Å². The van der Waals surface area contributed by atoms with E-state index in [1.54, 1.807) is 0 Å². The molecule has 0 amide bonds. The molecule has 0 saturated carbocycles. The Morgan fingerprint density at radius 2 is 1.79 bits per heavy atom. The zero-order valence-corrected chi connectivity index (χ0v) is 12.0. The van der Waals surface area contributed by atoms with Crippen molar-refractivity contribution in [1.82, 2.24) is 4.90 Å². The summed E-state index contributed by atoms with van der Waals surface area (Å²) in [5.41, 5.74) is 1.75. The number of benzene rings is 1. The fourth-order valence-corrected chi connectivity index (χ4v) is 3.21. The predicted octanol–water partition coefficient (Wildman–Crippen LogP) is 2.26. The smallest absolute Gasteiger partial charge is 0.206 e. The third kappa shape index (κ3) is 2.83. The van der Waals surface area contributed by atoms with Crippen molar-refractivity contribution in [3.8, 4) is 0 Å². The van der Waals surface area contributed by atoms with Gasteiger partial charge in [0, 0.05) is 5.56 Å². The topological polar surface area (TPSA) is 43.7 Å². The van der Waals surface area contributed by atoms with Crippen LogP contribution < -0.4 is 0 Å². The van der Waals surface area contributed by atoms with Crippen LogP contribution in [0.5, 0.6) is 0 Å². The molecule has 1 aliphatic rings. The fourth-order valence-electron chi connectivity index (χ4n) is 3.21. The third-order valence-electron chi connectivity index (χ3n) is 4.03. The highest BCUT2D eigenvalue weighted by atomic mass is 16.5. The van der Waals surface area contributed by atoms with Crippen LogP contribution in [0.3, 0.4) is 0 Å². The summed E-state index contributed by atoms with van der Waals surface area (Å²) in [6.45, 7) is 6.11. The van der Waals surface area contributed by atoms with Crippen molar-refractivity contribution in [3.05, 3.63) is 35.4 Å². The number of aryl methyl sites for hydroxylation is 1. The highest BCUT2D eigenvalue weighted by molar-refractivity contribution is 5.34. The quantitative estimate of drug-likeness (QED) is 0.801. The average molecular weight is 263 g/mol. The van der Waals surface area contributed by atoms with E-state index in [1.165, 1.54) is 0 Å². The maximum Gasteiger partial charge on any atom is 0.206 e. The second-order valence-corrected chi connectivity index (χ2v) is 5.47. The molecule has 0 fully saturated rings. The Hall–Kier alpha value is -0.900. The number of rotatable bonds is 5. The minimum Gasteiger partial charge on any atom is -0.361 e. The van der Waals surface area contributed by atoms with Crippen molar-refractivity contribution in [2.24, 2.45) is 0 Å². The molecule has 1 atom stereocenters. The molecule has 0 aliphatic heterocycles. The molecule has 0 spiro atoms. The van der Waals surface area contributed by atoms with Gasteiger partial charge >= 0.3 is 0 Å². The van der Waals surface area contributed by atoms with Gasteiger partial charge in [0.1, 0.15) is 0 Å². The molecular formula is C16H25NO2. The number of fused-ring (bicyclic) bond motifs is 1. The van der Waals surface area contributed by atoms with Crippen LogP contribution in [0.2, 0.25) is 0 Å². The van der Waals surface area contributed by atoms with E-state index in [9.17, 15) is 10.2 Å². The van der Waals surface area contributed by atoms with Gasteiger partial charge in [0.15, 0.2) is 0 Å². The molecule has 106 valence electrons. The molecule has 0 aromatic heterocycles. The summed E-state index contributed by atoms with van der Waals surface area (Å²) < 4.78 is 0. The minimum atomic E-state index is -1.72. The monoisotopic (exact) mass is 263 g/mol. The number of aliphatic hydroxyl groups is 2. The zero-order valence-electron chi connectivity index (χ0n) is 12.0. The summed E-state index contributed by atoms with van der Waals surface area (Å²) in [6, 6.07) is 7.49. The Labute approximate surface area is 115 Å². The van der Waals surface area contributed by atoms with E-state index in [0.29, 0.717) is 5.56 Å². The van der Waals surface area contributed by atoms with Gasteiger partial charge in [0.2, 0.25) is 5.79 Å². The third-order valence-corrected chi connectivity index (χ3v) is 4.03. The van der Waals surface area contributed by atoms with E-state index in [1.807, 2.05) is 24.3 Å². The van der Waals surface area contributed by atoms with Crippen LogP contribution in [-0.4, -0.2) is 34.2 Å². The number of nitrogens with zero attached hydrogens (tertiary/aromatic N) is 1. The highest BCUT2D eigenvalue weighted by Gasteiger charge is 2.43. The van der Waals surface area contributed by atoms with Gasteiger partial charge in [-0.15, -0.1) is 0 Å². The molecule has 3 heteroatoms. The standard InChI is InChI=1S/C16H25NO2/c1-3-11-17(12-4-2)15-10-9-13-7-5-6-8-14(13)16(15,18)19/h5-8,15,18-19H,3-4,9-12H2,1-2H3. The van der Waals surface area contributed by atoms with Crippen molar-refractivity contribution >= 4 is 0 Å². The van der Waals surface area contributed by atoms with Gasteiger partial charge in [-0.2, -0.15) is 0 Å². The van der Waals surface area contributed by atoms with Crippen LogP contribution in [0.25, 0.3) is 0 Å². The van der Waals surface area contributed by atoms with Gasteiger partial charge in [-0.25, -0.2) is 0 Å². The van der Waals surface area contributed by atoms with Crippen LogP contribution in [0.15, 0.2) is 24.3 Å². The molecular weight excluding hydrogens is 238 g/mol. The van der Waals surface area contributed by atoms with Gasteiger partial charge < -0.3 is 10.2 Å². The molecule has 19 heavy (non-hydrogen) atoms. The Balaban J connectivity index is 2.28. The lowest BCUT2D eigenvalue weighted by Gasteiger charge is -2.43. The first-order chi connectivity index (χ1) is 9.11. The molecule has 1 aliphatic carbocycles. The largest absolute Gasteiger partial charge is 0.361 e. The predicted molar refractivity (Wildman–Crippen MR) is 76.8 cm³/mol. The summed E-state index contributed by atoms with van der Waals surface area (Å²) in [5.74, 6) is -1.72. The maximum atomic E-state index is 10.6. The normalized spacial score (nSPS) is 21.4. The first-order valence-corrected chi connectivity index (χ1v) is 7.38. The average Bonchev–Trinajstić information content (AvgIpc) is 2.39. The Kier molecular flexibility index (Phi) is 4.61. The van der Waals surface area contributed by atoms with Crippen molar-refractivity contribution in [2.45, 2.75) is 51.4 Å². The lowest BCUT2D eigenvalue weighted by Crippen LogP contribution is -2.53. The fraction of sp³-hybridized carbons (Fsp3) is 0.625. The number of hydrogen-bond acceptors (Lipinski definition) is 3. The van der Waals surface area contributed by atoms with E-state index in [0.717, 1.165) is 44.3 Å². The molecule has 1 aromatic rings. The summed E-state index contributed by atoms with van der Waals surface area (Å²) in [5, 5.41) is 21.2. The van der Waals surface area contributed by atoms with E-state index in [2.05, 4.69) is 18.7 Å². The molecule has 3 nitrogen and oxygen atoms in total. The number of hydrogen-bond donors (Lipinski definition) is 2. The summed E-state index contributed by atoms with van der Waals surface area (Å²) in [6.07, 6.45) is 3.81. The maximum absolute atomic E-state index is 10.6. The van der Waals surface area contributed by atoms with Crippen LogP contribution in [0.1, 0.15) is 44.2 Å². The SMILES string of the molecule is CCCN(CCC)C1CCc2ccccc2C1(O)O. The zero-order chi connectivity index (χ0) is 13.9. The molecule has 0 saturated heterocycles. The Morgan fingerprint density at radius 3 is 2.42 bits per heavy atom. The van der Waals surface area contributed by atoms with Gasteiger partial charge in [-0.3, -0.25) is 4.90 Å². The van der Waals surface area contributed by atoms with Crippen LogP contribution in [-0.2, 0) is 12.2 Å². The van der Waals surface area contributed by atoms with E-state index >= 15 is 0 Å². The lowest BCUT2D eigenvalue weighted by molar-refractivity contribution is -0.222. The summed E-state index contributed by atoms with van der Waals surface area (Å²) in [4.78, 5) is 2.23. The van der Waals surface area contributed by atoms with Gasteiger partial charge in [0.05, 0.1) is 6.04 Å². The Bertz CT molecular complexity index is 411. The molecule has 1 unspecified atom stereocenters. The van der Waals surface area contributed by atoms with E-state index in [-0.39, 0.29) is 6.04 Å². The van der Waals surface area contributed by atoms with Crippen LogP contribution in [0, 0.1) is 0 Å². The minimum absolute atomic E-state index is 0.192. The van der Waals surface area contributed by atoms with Crippen molar-refractivity contribution in [2.75, 3.05) is 13.1 Å². The molecule has 0 heterocycles. The van der Waals surface area contributed by atoms with Gasteiger partial charge in [-0.1, -0.05) is 38.1 Å². The van der Waals surface area contributed by atoms with Crippen molar-refractivity contribution < 1.29 is 10.2 Å². The van der Waals surface area contributed by atoms with Crippen LogP contribution >= 0.6 is 0 Å². The lowest BCUT2D eigenvalue weighted by atomic mass is 9.82. The first kappa shape index (κ1) is 14.5. The molecule has 0 bridgehead atoms. The Morgan fingerprint density at radius 1 is 1.16 bits per heavy atom. The van der Waals surface area contributed by atoms with Gasteiger partial charge in [0.25, 0.3) is 0 Å². The molecule has 1 aromatic carbocycles. The molecule has 2 N–H and O–H groups in total.